The summed E-state index contributed by atoms with van der Waals surface area (Å²) in [4.78, 5) is 0. The molecule has 1 aromatic carbocycles. The molecule has 0 amide bonds. The second kappa shape index (κ2) is 6.39. The third kappa shape index (κ3) is 4.84. The van der Waals surface area contributed by atoms with Crippen molar-refractivity contribution in [3.8, 4) is 5.75 Å². The zero-order valence-corrected chi connectivity index (χ0v) is 13.8. The maximum atomic E-state index is 6.27. The summed E-state index contributed by atoms with van der Waals surface area (Å²) in [6, 6.07) is 9.81. The topological polar surface area (TPSA) is 18.5 Å². The minimum absolute atomic E-state index is 0.0545. The van der Waals surface area contributed by atoms with Gasteiger partial charge in [0, 0.05) is 0 Å². The fourth-order valence-corrected chi connectivity index (χ4v) is 2.68. The average molecular weight is 278 g/mol. The predicted molar refractivity (Wildman–Crippen MR) is 84.2 cm³/mol. The fraction of sp³-hybridized carbons (Fsp3) is 0.500. The van der Waals surface area contributed by atoms with Gasteiger partial charge in [-0.1, -0.05) is 45.0 Å². The molecule has 0 aliphatic heterocycles. The van der Waals surface area contributed by atoms with Gasteiger partial charge in [-0.3, -0.25) is 0 Å². The second-order valence-corrected chi connectivity index (χ2v) is 11.0. The van der Waals surface area contributed by atoms with E-state index in [9.17, 15) is 0 Å². The summed E-state index contributed by atoms with van der Waals surface area (Å²) in [6.07, 6.45) is 1.78. The smallest absolute Gasteiger partial charge is 0.193 e. The van der Waals surface area contributed by atoms with Crippen LogP contribution in [0.4, 0.5) is 0 Å². The summed E-state index contributed by atoms with van der Waals surface area (Å²) in [5, 5.41) is 0.195. The van der Waals surface area contributed by atoms with Gasteiger partial charge in [0.1, 0.15) is 12.4 Å². The Kier molecular flexibility index (Phi) is 5.38. The van der Waals surface area contributed by atoms with Crippen LogP contribution in [0.5, 0.6) is 5.75 Å². The number of benzene rings is 1. The van der Waals surface area contributed by atoms with Crippen LogP contribution < -0.4 is 4.74 Å². The van der Waals surface area contributed by atoms with E-state index in [1.54, 1.807) is 0 Å². The first-order chi connectivity index (χ1) is 8.76. The number of hydrogen-bond acceptors (Lipinski definition) is 2. The Balaban J connectivity index is 2.58. The van der Waals surface area contributed by atoms with Crippen molar-refractivity contribution >= 4 is 8.32 Å². The van der Waals surface area contributed by atoms with Crippen LogP contribution in [0.2, 0.25) is 18.1 Å². The molecule has 0 heterocycles. The Bertz CT molecular complexity index is 393. The van der Waals surface area contributed by atoms with Crippen molar-refractivity contribution in [3.63, 3.8) is 0 Å². The lowest BCUT2D eigenvalue weighted by Crippen LogP contribution is -2.44. The largest absolute Gasteiger partial charge is 0.491 e. The molecule has 0 unspecified atom stereocenters. The summed E-state index contributed by atoms with van der Waals surface area (Å²) < 4.78 is 12.0. The normalized spacial score (nSPS) is 13.9. The van der Waals surface area contributed by atoms with Gasteiger partial charge < -0.3 is 9.16 Å². The lowest BCUT2D eigenvalue weighted by atomic mass is 10.2. The van der Waals surface area contributed by atoms with E-state index in [4.69, 9.17) is 9.16 Å². The minimum atomic E-state index is -1.78. The monoisotopic (exact) mass is 278 g/mol. The Morgan fingerprint density at radius 3 is 2.26 bits per heavy atom. The molecule has 106 valence electrons. The van der Waals surface area contributed by atoms with Crippen molar-refractivity contribution in [3.05, 3.63) is 43.0 Å². The van der Waals surface area contributed by atoms with Gasteiger partial charge in [-0.05, 0) is 30.3 Å². The average Bonchev–Trinajstić information content (AvgIpc) is 2.34. The maximum Gasteiger partial charge on any atom is 0.193 e. The van der Waals surface area contributed by atoms with E-state index < -0.39 is 8.32 Å². The Morgan fingerprint density at radius 1 is 1.21 bits per heavy atom. The molecule has 1 atom stereocenters. The molecule has 3 heteroatoms. The molecular weight excluding hydrogens is 252 g/mol. The van der Waals surface area contributed by atoms with Gasteiger partial charge in [-0.15, -0.1) is 6.58 Å². The van der Waals surface area contributed by atoms with Crippen molar-refractivity contribution in [2.75, 3.05) is 6.61 Å². The van der Waals surface area contributed by atoms with E-state index in [2.05, 4.69) is 40.4 Å². The van der Waals surface area contributed by atoms with Crippen LogP contribution in [0.1, 0.15) is 20.8 Å². The second-order valence-electron chi connectivity index (χ2n) is 6.28. The molecule has 0 fully saturated rings. The molecule has 0 aromatic heterocycles. The molecular formula is C16H26O2Si. The Morgan fingerprint density at radius 2 is 1.79 bits per heavy atom. The third-order valence-electron chi connectivity index (χ3n) is 3.67. The zero-order valence-electron chi connectivity index (χ0n) is 12.8. The van der Waals surface area contributed by atoms with Gasteiger partial charge in [0.25, 0.3) is 0 Å². The molecule has 1 aromatic rings. The standard InChI is InChI=1S/C16H26O2Si/c1-7-14(18-19(5,6)16(2,3)4)13-17-15-11-9-8-10-12-15/h7-12,14H,1,13H2,2-6H3/t14-/m1/s1. The lowest BCUT2D eigenvalue weighted by Gasteiger charge is -2.38. The minimum Gasteiger partial charge on any atom is -0.491 e. The van der Waals surface area contributed by atoms with Crippen molar-refractivity contribution < 1.29 is 9.16 Å². The van der Waals surface area contributed by atoms with Crippen LogP contribution in [0.15, 0.2) is 43.0 Å². The van der Waals surface area contributed by atoms with E-state index in [-0.39, 0.29) is 11.1 Å². The summed E-state index contributed by atoms with van der Waals surface area (Å²) in [5.41, 5.74) is 0. The molecule has 1 rings (SSSR count). The van der Waals surface area contributed by atoms with E-state index in [1.807, 2.05) is 36.4 Å². The van der Waals surface area contributed by atoms with Gasteiger partial charge in [0.05, 0.1) is 6.10 Å². The molecule has 0 spiro atoms. The van der Waals surface area contributed by atoms with Gasteiger partial charge in [-0.25, -0.2) is 0 Å². The highest BCUT2D eigenvalue weighted by atomic mass is 28.4. The SMILES string of the molecule is C=C[C@H](COc1ccccc1)O[Si](C)(C)C(C)(C)C. The molecule has 0 aliphatic carbocycles. The lowest BCUT2D eigenvalue weighted by molar-refractivity contribution is 0.150. The molecule has 0 radical (unpaired) electrons. The van der Waals surface area contributed by atoms with Gasteiger partial charge >= 0.3 is 0 Å². The van der Waals surface area contributed by atoms with E-state index in [0.717, 1.165) is 5.75 Å². The van der Waals surface area contributed by atoms with Crippen molar-refractivity contribution in [2.45, 2.75) is 45.0 Å². The molecule has 0 bridgehead atoms. The Labute approximate surface area is 118 Å². The predicted octanol–water partition coefficient (Wildman–Crippen LogP) is 4.64. The number of rotatable bonds is 6. The van der Waals surface area contributed by atoms with Gasteiger partial charge in [0.15, 0.2) is 8.32 Å². The summed E-state index contributed by atoms with van der Waals surface area (Å²) >= 11 is 0. The van der Waals surface area contributed by atoms with E-state index in [1.165, 1.54) is 0 Å². The van der Waals surface area contributed by atoms with Crippen molar-refractivity contribution in [1.82, 2.24) is 0 Å². The molecule has 19 heavy (non-hydrogen) atoms. The number of hydrogen-bond donors (Lipinski definition) is 0. The van der Waals surface area contributed by atoms with E-state index in [0.29, 0.717) is 6.61 Å². The van der Waals surface area contributed by atoms with Gasteiger partial charge in [-0.2, -0.15) is 0 Å². The molecule has 2 nitrogen and oxygen atoms in total. The first-order valence-corrected chi connectivity index (χ1v) is 9.65. The number of ether oxygens (including phenoxy) is 1. The molecule has 0 saturated carbocycles. The molecule has 0 saturated heterocycles. The number of para-hydroxylation sites is 1. The van der Waals surface area contributed by atoms with E-state index >= 15 is 0 Å². The van der Waals surface area contributed by atoms with Crippen LogP contribution in [0, 0.1) is 0 Å². The highest BCUT2D eigenvalue weighted by Gasteiger charge is 2.38. The van der Waals surface area contributed by atoms with Crippen LogP contribution in [0.25, 0.3) is 0 Å². The molecule has 0 N–H and O–H groups in total. The third-order valence-corrected chi connectivity index (χ3v) is 8.18. The fourth-order valence-electron chi connectivity index (χ4n) is 1.40. The van der Waals surface area contributed by atoms with Crippen LogP contribution in [0.3, 0.4) is 0 Å². The maximum absolute atomic E-state index is 6.27. The van der Waals surface area contributed by atoms with Crippen LogP contribution in [-0.4, -0.2) is 21.0 Å². The highest BCUT2D eigenvalue weighted by molar-refractivity contribution is 6.74. The first-order valence-electron chi connectivity index (χ1n) is 6.74. The summed E-state index contributed by atoms with van der Waals surface area (Å²) in [6.45, 7) is 15.6. The first kappa shape index (κ1) is 16.0. The van der Waals surface area contributed by atoms with Crippen LogP contribution in [-0.2, 0) is 4.43 Å². The van der Waals surface area contributed by atoms with Crippen molar-refractivity contribution in [1.29, 1.82) is 0 Å². The summed E-state index contributed by atoms with van der Waals surface area (Å²) in [5.74, 6) is 0.869. The zero-order chi connectivity index (χ0) is 14.5. The van der Waals surface area contributed by atoms with Gasteiger partial charge in [0.2, 0.25) is 0 Å². The van der Waals surface area contributed by atoms with Crippen molar-refractivity contribution in [2.24, 2.45) is 0 Å². The quantitative estimate of drug-likeness (QED) is 0.557. The summed E-state index contributed by atoms with van der Waals surface area (Å²) in [7, 11) is -1.78. The highest BCUT2D eigenvalue weighted by Crippen LogP contribution is 2.37. The Hall–Kier alpha value is -1.06. The van der Waals surface area contributed by atoms with Crippen LogP contribution >= 0.6 is 0 Å². The molecule has 0 aliphatic rings.